The summed E-state index contributed by atoms with van der Waals surface area (Å²) in [6, 6.07) is 5.35. The van der Waals surface area contributed by atoms with Crippen molar-refractivity contribution < 1.29 is 14.3 Å². The molecule has 2 heterocycles. The number of rotatable bonds is 3. The molecule has 0 radical (unpaired) electrons. The quantitative estimate of drug-likeness (QED) is 0.870. The van der Waals surface area contributed by atoms with Gasteiger partial charge in [-0.25, -0.2) is 0 Å². The summed E-state index contributed by atoms with van der Waals surface area (Å²) in [7, 11) is 1.86. The van der Waals surface area contributed by atoms with Crippen molar-refractivity contribution in [1.29, 1.82) is 0 Å². The normalized spacial score (nSPS) is 20.9. The molecule has 2 amide bonds. The molecule has 0 aliphatic carbocycles. The van der Waals surface area contributed by atoms with E-state index in [1.165, 1.54) is 0 Å². The summed E-state index contributed by atoms with van der Waals surface area (Å²) in [5.41, 5.74) is 2.14. The van der Waals surface area contributed by atoms with Gasteiger partial charge < -0.3 is 20.3 Å². The summed E-state index contributed by atoms with van der Waals surface area (Å²) >= 11 is 0. The number of nitrogens with zero attached hydrogens (tertiary/aromatic N) is 1. The average Bonchev–Trinajstić information content (AvgIpc) is 2.97. The number of likely N-dealkylation sites (N-methyl/N-ethyl adjacent to an activating group) is 1. The number of hydrogen-bond donors (Lipinski definition) is 2. The minimum atomic E-state index is -0.143. The first-order chi connectivity index (χ1) is 10.1. The van der Waals surface area contributed by atoms with Crippen molar-refractivity contribution in [2.24, 2.45) is 0 Å². The van der Waals surface area contributed by atoms with Gasteiger partial charge in [0.25, 0.3) is 5.91 Å². The second-order valence-electron chi connectivity index (χ2n) is 5.48. The molecule has 2 N–H and O–H groups in total. The Labute approximate surface area is 123 Å². The van der Waals surface area contributed by atoms with Crippen LogP contribution in [-0.2, 0) is 9.53 Å². The van der Waals surface area contributed by atoms with Crippen molar-refractivity contribution in [3.63, 3.8) is 0 Å². The van der Waals surface area contributed by atoms with Gasteiger partial charge in [-0.3, -0.25) is 9.59 Å². The maximum Gasteiger partial charge on any atom is 0.251 e. The van der Waals surface area contributed by atoms with Crippen molar-refractivity contribution >= 4 is 23.2 Å². The smallest absolute Gasteiger partial charge is 0.251 e. The summed E-state index contributed by atoms with van der Waals surface area (Å²) in [5.74, 6) is -0.210. The van der Waals surface area contributed by atoms with Crippen LogP contribution in [0.5, 0.6) is 0 Å². The van der Waals surface area contributed by atoms with E-state index in [0.717, 1.165) is 25.1 Å². The van der Waals surface area contributed by atoms with Crippen LogP contribution in [0.25, 0.3) is 0 Å². The lowest BCUT2D eigenvalue weighted by molar-refractivity contribution is -0.115. The van der Waals surface area contributed by atoms with Crippen LogP contribution in [0.3, 0.4) is 0 Å². The molecule has 0 bridgehead atoms. The molecule has 1 saturated heterocycles. The van der Waals surface area contributed by atoms with Gasteiger partial charge in [0.05, 0.1) is 24.0 Å². The molecular formula is C15H19N3O3. The predicted octanol–water partition coefficient (Wildman–Crippen LogP) is 0.984. The Kier molecular flexibility index (Phi) is 3.79. The fourth-order valence-corrected chi connectivity index (χ4v) is 2.71. The minimum Gasteiger partial charge on any atom is -0.376 e. The van der Waals surface area contributed by atoms with Crippen molar-refractivity contribution in [2.75, 3.05) is 37.0 Å². The van der Waals surface area contributed by atoms with E-state index in [4.69, 9.17) is 4.74 Å². The summed E-state index contributed by atoms with van der Waals surface area (Å²) < 4.78 is 5.48. The van der Waals surface area contributed by atoms with Gasteiger partial charge in [0, 0.05) is 25.8 Å². The number of ether oxygens (including phenoxy) is 1. The van der Waals surface area contributed by atoms with Crippen LogP contribution in [0.4, 0.5) is 11.4 Å². The number of anilines is 2. The molecule has 21 heavy (non-hydrogen) atoms. The number of amides is 2. The van der Waals surface area contributed by atoms with Gasteiger partial charge in [-0.05, 0) is 31.0 Å². The fraction of sp³-hybridized carbons (Fsp3) is 0.467. The van der Waals surface area contributed by atoms with Crippen LogP contribution >= 0.6 is 0 Å². The zero-order valence-electron chi connectivity index (χ0n) is 12.0. The number of nitrogens with one attached hydrogen (secondary N) is 2. The molecule has 1 fully saturated rings. The van der Waals surface area contributed by atoms with Crippen molar-refractivity contribution in [3.8, 4) is 0 Å². The zero-order chi connectivity index (χ0) is 14.8. The van der Waals surface area contributed by atoms with Crippen molar-refractivity contribution in [2.45, 2.75) is 18.9 Å². The summed E-state index contributed by atoms with van der Waals surface area (Å²) in [5, 5.41) is 5.68. The first-order valence-corrected chi connectivity index (χ1v) is 7.18. The Morgan fingerprint density at radius 2 is 2.38 bits per heavy atom. The van der Waals surface area contributed by atoms with E-state index in [2.05, 4.69) is 10.6 Å². The molecule has 1 unspecified atom stereocenters. The van der Waals surface area contributed by atoms with E-state index < -0.39 is 0 Å². The van der Waals surface area contributed by atoms with Gasteiger partial charge in [-0.1, -0.05) is 0 Å². The summed E-state index contributed by atoms with van der Waals surface area (Å²) in [4.78, 5) is 25.6. The van der Waals surface area contributed by atoms with E-state index in [0.29, 0.717) is 24.3 Å². The van der Waals surface area contributed by atoms with Crippen LogP contribution in [0.15, 0.2) is 18.2 Å². The SMILES string of the molecule is CN1CC(=O)Nc2cc(C(=O)NCC3CCCO3)ccc21. The molecule has 0 saturated carbocycles. The van der Waals surface area contributed by atoms with Gasteiger partial charge in [-0.2, -0.15) is 0 Å². The van der Waals surface area contributed by atoms with Crippen LogP contribution in [0.1, 0.15) is 23.2 Å². The maximum atomic E-state index is 12.2. The molecule has 0 spiro atoms. The number of benzene rings is 1. The molecule has 112 valence electrons. The van der Waals surface area contributed by atoms with Gasteiger partial charge in [0.15, 0.2) is 0 Å². The van der Waals surface area contributed by atoms with Gasteiger partial charge in [-0.15, -0.1) is 0 Å². The number of carbonyl (C=O) groups excluding carboxylic acids is 2. The fourth-order valence-electron chi connectivity index (χ4n) is 2.71. The molecule has 6 nitrogen and oxygen atoms in total. The molecule has 3 rings (SSSR count). The third kappa shape index (κ3) is 3.00. The predicted molar refractivity (Wildman–Crippen MR) is 79.6 cm³/mol. The Bertz CT molecular complexity index is 567. The number of hydrogen-bond acceptors (Lipinski definition) is 4. The van der Waals surface area contributed by atoms with Crippen LogP contribution in [0.2, 0.25) is 0 Å². The van der Waals surface area contributed by atoms with Crippen LogP contribution in [0, 0.1) is 0 Å². The monoisotopic (exact) mass is 289 g/mol. The van der Waals surface area contributed by atoms with Gasteiger partial charge in [0.2, 0.25) is 5.91 Å². The zero-order valence-corrected chi connectivity index (χ0v) is 12.0. The number of fused-ring (bicyclic) bond motifs is 1. The highest BCUT2D eigenvalue weighted by atomic mass is 16.5. The highest BCUT2D eigenvalue weighted by Crippen LogP contribution is 2.29. The van der Waals surface area contributed by atoms with Crippen molar-refractivity contribution in [1.82, 2.24) is 5.32 Å². The summed E-state index contributed by atoms with van der Waals surface area (Å²) in [6.07, 6.45) is 2.17. The molecule has 1 atom stereocenters. The largest absolute Gasteiger partial charge is 0.376 e. The average molecular weight is 289 g/mol. The lowest BCUT2D eigenvalue weighted by Crippen LogP contribution is -2.36. The number of carbonyl (C=O) groups is 2. The van der Waals surface area contributed by atoms with E-state index in [9.17, 15) is 9.59 Å². The maximum absolute atomic E-state index is 12.2. The lowest BCUT2D eigenvalue weighted by atomic mass is 10.1. The molecule has 2 aliphatic heterocycles. The second-order valence-corrected chi connectivity index (χ2v) is 5.48. The van der Waals surface area contributed by atoms with Crippen molar-refractivity contribution in [3.05, 3.63) is 23.8 Å². The van der Waals surface area contributed by atoms with Gasteiger partial charge in [0.1, 0.15) is 0 Å². The highest BCUT2D eigenvalue weighted by molar-refractivity contribution is 6.03. The second kappa shape index (κ2) is 5.73. The van der Waals surface area contributed by atoms with Crippen LogP contribution < -0.4 is 15.5 Å². The Morgan fingerprint density at radius 1 is 1.52 bits per heavy atom. The van der Waals surface area contributed by atoms with E-state index >= 15 is 0 Å². The molecule has 1 aromatic rings. The summed E-state index contributed by atoms with van der Waals surface area (Å²) in [6.45, 7) is 1.64. The third-order valence-corrected chi connectivity index (χ3v) is 3.84. The van der Waals surface area contributed by atoms with Gasteiger partial charge >= 0.3 is 0 Å². The molecule has 2 aliphatic rings. The molecular weight excluding hydrogens is 270 g/mol. The standard InChI is InChI=1S/C15H19N3O3/c1-18-9-14(19)17-12-7-10(4-5-13(12)18)15(20)16-8-11-3-2-6-21-11/h4-5,7,11H,2-3,6,8-9H2,1H3,(H,16,20)(H,17,19). The highest BCUT2D eigenvalue weighted by Gasteiger charge is 2.21. The first kappa shape index (κ1) is 13.9. The molecule has 1 aromatic carbocycles. The first-order valence-electron chi connectivity index (χ1n) is 7.18. The van der Waals surface area contributed by atoms with E-state index in [1.807, 2.05) is 18.0 Å². The Balaban J connectivity index is 1.69. The Morgan fingerprint density at radius 3 is 3.14 bits per heavy atom. The third-order valence-electron chi connectivity index (χ3n) is 3.84. The molecule has 6 heteroatoms. The topological polar surface area (TPSA) is 70.7 Å². The minimum absolute atomic E-state index is 0.0677. The van der Waals surface area contributed by atoms with E-state index in [-0.39, 0.29) is 17.9 Å². The van der Waals surface area contributed by atoms with E-state index in [1.54, 1.807) is 12.1 Å². The van der Waals surface area contributed by atoms with Crippen LogP contribution in [-0.4, -0.2) is 44.7 Å². The Hall–Kier alpha value is -2.08. The lowest BCUT2D eigenvalue weighted by Gasteiger charge is -2.27. The molecule has 0 aromatic heterocycles.